The molecule has 1 heterocycles. The van der Waals surface area contributed by atoms with Gasteiger partial charge in [0.1, 0.15) is 5.52 Å². The average Bonchev–Trinajstić information content (AvgIpc) is 2.89. The molecule has 5 heteroatoms. The van der Waals surface area contributed by atoms with E-state index in [-0.39, 0.29) is 5.56 Å². The van der Waals surface area contributed by atoms with Gasteiger partial charge in [0.05, 0.1) is 16.8 Å². The zero-order valence-electron chi connectivity index (χ0n) is 11.8. The number of benzene rings is 2. The quantitative estimate of drug-likeness (QED) is 0.800. The lowest BCUT2D eigenvalue weighted by molar-refractivity contribution is 0.0697. The van der Waals surface area contributed by atoms with E-state index in [1.165, 1.54) is 6.07 Å². The SMILES string of the molecule is CC(C)c1ccccc1-n1nnc2ccc(C(=O)O)cc21. The van der Waals surface area contributed by atoms with Crippen LogP contribution < -0.4 is 0 Å². The van der Waals surface area contributed by atoms with E-state index in [4.69, 9.17) is 5.11 Å². The van der Waals surface area contributed by atoms with Crippen molar-refractivity contribution in [1.29, 1.82) is 0 Å². The van der Waals surface area contributed by atoms with Crippen LogP contribution in [0.1, 0.15) is 35.7 Å². The molecule has 0 amide bonds. The highest BCUT2D eigenvalue weighted by atomic mass is 16.4. The van der Waals surface area contributed by atoms with Crippen LogP contribution in [-0.4, -0.2) is 26.1 Å². The molecule has 0 fully saturated rings. The highest BCUT2D eigenvalue weighted by molar-refractivity contribution is 5.92. The van der Waals surface area contributed by atoms with Gasteiger partial charge >= 0.3 is 5.97 Å². The Bertz CT molecular complexity index is 821. The molecule has 0 radical (unpaired) electrons. The number of aromatic carboxylic acids is 1. The van der Waals surface area contributed by atoms with Gasteiger partial charge in [-0.3, -0.25) is 0 Å². The highest BCUT2D eigenvalue weighted by Gasteiger charge is 2.14. The van der Waals surface area contributed by atoms with Crippen LogP contribution in [0.3, 0.4) is 0 Å². The van der Waals surface area contributed by atoms with Crippen molar-refractivity contribution in [3.8, 4) is 5.69 Å². The molecule has 5 nitrogen and oxygen atoms in total. The number of rotatable bonds is 3. The van der Waals surface area contributed by atoms with E-state index in [1.54, 1.807) is 16.8 Å². The van der Waals surface area contributed by atoms with Gasteiger partial charge in [-0.05, 0) is 35.7 Å². The summed E-state index contributed by atoms with van der Waals surface area (Å²) in [5.41, 5.74) is 3.68. The zero-order chi connectivity index (χ0) is 15.0. The van der Waals surface area contributed by atoms with E-state index in [0.717, 1.165) is 11.3 Å². The van der Waals surface area contributed by atoms with Crippen LogP contribution in [0.5, 0.6) is 0 Å². The Morgan fingerprint density at radius 1 is 1.19 bits per heavy atom. The maximum absolute atomic E-state index is 11.1. The summed E-state index contributed by atoms with van der Waals surface area (Å²) in [4.78, 5) is 11.1. The molecule has 0 aliphatic carbocycles. The third-order valence-electron chi connectivity index (χ3n) is 3.48. The zero-order valence-corrected chi connectivity index (χ0v) is 11.8. The normalized spacial score (nSPS) is 11.2. The number of nitrogens with zero attached hydrogens (tertiary/aromatic N) is 3. The first-order valence-electron chi connectivity index (χ1n) is 6.76. The molecule has 2 aromatic carbocycles. The van der Waals surface area contributed by atoms with Crippen LogP contribution >= 0.6 is 0 Å². The number of hydrogen-bond donors (Lipinski definition) is 1. The first-order chi connectivity index (χ1) is 10.1. The van der Waals surface area contributed by atoms with Gasteiger partial charge in [0.2, 0.25) is 0 Å². The van der Waals surface area contributed by atoms with E-state index in [1.807, 2.05) is 18.2 Å². The summed E-state index contributed by atoms with van der Waals surface area (Å²) in [5, 5.41) is 17.4. The second kappa shape index (κ2) is 5.01. The number of hydrogen-bond acceptors (Lipinski definition) is 3. The monoisotopic (exact) mass is 281 g/mol. The van der Waals surface area contributed by atoms with Crippen LogP contribution in [-0.2, 0) is 0 Å². The molecule has 3 aromatic rings. The minimum atomic E-state index is -0.957. The number of para-hydroxylation sites is 1. The Morgan fingerprint density at radius 3 is 2.67 bits per heavy atom. The van der Waals surface area contributed by atoms with Gasteiger partial charge in [-0.1, -0.05) is 37.3 Å². The molecule has 0 aliphatic rings. The summed E-state index contributed by atoms with van der Waals surface area (Å²) >= 11 is 0. The van der Waals surface area contributed by atoms with Crippen molar-refractivity contribution < 1.29 is 9.90 Å². The van der Waals surface area contributed by atoms with Crippen LogP contribution in [0.15, 0.2) is 42.5 Å². The summed E-state index contributed by atoms with van der Waals surface area (Å²) in [6, 6.07) is 12.8. The second-order valence-corrected chi connectivity index (χ2v) is 5.22. The van der Waals surface area contributed by atoms with Crippen molar-refractivity contribution in [2.45, 2.75) is 19.8 Å². The third kappa shape index (κ3) is 2.27. The summed E-state index contributed by atoms with van der Waals surface area (Å²) < 4.78 is 1.71. The van der Waals surface area contributed by atoms with Crippen molar-refractivity contribution in [1.82, 2.24) is 15.0 Å². The molecule has 3 rings (SSSR count). The number of carboxylic acid groups (broad SMARTS) is 1. The summed E-state index contributed by atoms with van der Waals surface area (Å²) in [7, 11) is 0. The maximum atomic E-state index is 11.1. The van der Waals surface area contributed by atoms with Crippen molar-refractivity contribution >= 4 is 17.0 Å². The van der Waals surface area contributed by atoms with Crippen LogP contribution in [0.25, 0.3) is 16.7 Å². The van der Waals surface area contributed by atoms with E-state index in [0.29, 0.717) is 17.0 Å². The van der Waals surface area contributed by atoms with Crippen LogP contribution in [0.4, 0.5) is 0 Å². The van der Waals surface area contributed by atoms with Gasteiger partial charge in [-0.15, -0.1) is 5.10 Å². The predicted molar refractivity (Wildman–Crippen MR) is 79.9 cm³/mol. The molecule has 0 saturated carbocycles. The minimum absolute atomic E-state index is 0.230. The largest absolute Gasteiger partial charge is 0.478 e. The molecule has 0 saturated heterocycles. The summed E-state index contributed by atoms with van der Waals surface area (Å²) in [6.07, 6.45) is 0. The fourth-order valence-electron chi connectivity index (χ4n) is 2.40. The molecule has 21 heavy (non-hydrogen) atoms. The summed E-state index contributed by atoms with van der Waals surface area (Å²) in [6.45, 7) is 4.22. The maximum Gasteiger partial charge on any atom is 0.335 e. The molecule has 106 valence electrons. The molecule has 0 aliphatic heterocycles. The lowest BCUT2D eigenvalue weighted by Gasteiger charge is -2.12. The van der Waals surface area contributed by atoms with Gasteiger partial charge in [0.25, 0.3) is 0 Å². The Kier molecular flexibility index (Phi) is 3.17. The second-order valence-electron chi connectivity index (χ2n) is 5.22. The Hall–Kier alpha value is -2.69. The van der Waals surface area contributed by atoms with E-state index in [9.17, 15) is 4.79 Å². The van der Waals surface area contributed by atoms with Crippen molar-refractivity contribution in [2.75, 3.05) is 0 Å². The number of aromatic nitrogens is 3. The number of fused-ring (bicyclic) bond motifs is 1. The topological polar surface area (TPSA) is 68.0 Å². The summed E-state index contributed by atoms with van der Waals surface area (Å²) in [5.74, 6) is -0.620. The van der Waals surface area contributed by atoms with Crippen molar-refractivity contribution in [3.05, 3.63) is 53.6 Å². The lowest BCUT2D eigenvalue weighted by Crippen LogP contribution is -2.03. The number of carboxylic acids is 1. The Labute approximate surface area is 121 Å². The lowest BCUT2D eigenvalue weighted by atomic mass is 10.0. The van der Waals surface area contributed by atoms with Crippen molar-refractivity contribution in [2.24, 2.45) is 0 Å². The van der Waals surface area contributed by atoms with Crippen LogP contribution in [0.2, 0.25) is 0 Å². The first kappa shape index (κ1) is 13.3. The fraction of sp³-hybridized carbons (Fsp3) is 0.188. The molecule has 1 N–H and O–H groups in total. The van der Waals surface area contributed by atoms with Crippen molar-refractivity contribution in [3.63, 3.8) is 0 Å². The fourth-order valence-corrected chi connectivity index (χ4v) is 2.40. The molecule has 0 unspecified atom stereocenters. The first-order valence-corrected chi connectivity index (χ1v) is 6.76. The molecule has 0 atom stereocenters. The molecular weight excluding hydrogens is 266 g/mol. The highest BCUT2D eigenvalue weighted by Crippen LogP contribution is 2.25. The van der Waals surface area contributed by atoms with Gasteiger partial charge in [-0.25, -0.2) is 9.48 Å². The molecule has 0 bridgehead atoms. The van der Waals surface area contributed by atoms with E-state index in [2.05, 4.69) is 30.2 Å². The molecule has 1 aromatic heterocycles. The third-order valence-corrected chi connectivity index (χ3v) is 3.48. The van der Waals surface area contributed by atoms with E-state index < -0.39 is 5.97 Å². The van der Waals surface area contributed by atoms with Gasteiger partial charge in [0, 0.05) is 0 Å². The van der Waals surface area contributed by atoms with Gasteiger partial charge < -0.3 is 5.11 Å². The molecule has 0 spiro atoms. The van der Waals surface area contributed by atoms with Gasteiger partial charge in [-0.2, -0.15) is 0 Å². The minimum Gasteiger partial charge on any atom is -0.478 e. The Balaban J connectivity index is 2.26. The van der Waals surface area contributed by atoms with Gasteiger partial charge in [0.15, 0.2) is 0 Å². The Morgan fingerprint density at radius 2 is 1.95 bits per heavy atom. The average molecular weight is 281 g/mol. The molecular formula is C16H15N3O2. The smallest absolute Gasteiger partial charge is 0.335 e. The van der Waals surface area contributed by atoms with Crippen LogP contribution in [0, 0.1) is 0 Å². The standard InChI is InChI=1S/C16H15N3O2/c1-10(2)12-5-3-4-6-14(12)19-15-9-11(16(20)21)7-8-13(15)17-18-19/h3-10H,1-2H3,(H,20,21). The van der Waals surface area contributed by atoms with E-state index >= 15 is 0 Å². The number of carbonyl (C=O) groups is 1. The predicted octanol–water partition coefficient (Wildman–Crippen LogP) is 3.24.